The van der Waals surface area contributed by atoms with Gasteiger partial charge in [-0.05, 0) is 61.5 Å². The zero-order valence-electron chi connectivity index (χ0n) is 17.6. The lowest BCUT2D eigenvalue weighted by Crippen LogP contribution is -2.11. The number of ether oxygens (including phenoxy) is 1. The van der Waals surface area contributed by atoms with Gasteiger partial charge in [-0.25, -0.2) is 0 Å². The first kappa shape index (κ1) is 22.1. The van der Waals surface area contributed by atoms with E-state index in [4.69, 9.17) is 10.5 Å². The number of unbranched alkanes of at least 4 members (excludes halogenated alkanes) is 2. The number of hydrogen-bond donors (Lipinski definition) is 1. The van der Waals surface area contributed by atoms with Crippen LogP contribution in [0.25, 0.3) is 5.57 Å². The summed E-state index contributed by atoms with van der Waals surface area (Å²) >= 11 is 0. The molecule has 1 heterocycles. The Morgan fingerprint density at radius 2 is 1.66 bits per heavy atom. The zero-order valence-corrected chi connectivity index (χ0v) is 17.6. The highest BCUT2D eigenvalue weighted by Crippen LogP contribution is 2.31. The van der Waals surface area contributed by atoms with Crippen molar-refractivity contribution in [2.75, 3.05) is 0 Å². The lowest BCUT2D eigenvalue weighted by Gasteiger charge is -2.20. The van der Waals surface area contributed by atoms with Crippen LogP contribution < -0.4 is 5.73 Å². The quantitative estimate of drug-likeness (QED) is 0.550. The molecule has 2 N–H and O–H groups in total. The predicted molar refractivity (Wildman–Crippen MR) is 117 cm³/mol. The van der Waals surface area contributed by atoms with Crippen LogP contribution in [0.5, 0.6) is 0 Å². The molecule has 1 aliphatic heterocycles. The van der Waals surface area contributed by atoms with Gasteiger partial charge in [0.05, 0.1) is 5.70 Å². The monoisotopic (exact) mass is 387 g/mol. The predicted octanol–water partition coefficient (Wildman–Crippen LogP) is 6.05. The highest BCUT2D eigenvalue weighted by molar-refractivity contribution is 5.72. The van der Waals surface area contributed by atoms with Crippen LogP contribution >= 0.6 is 0 Å². The minimum absolute atomic E-state index is 0.0494. The van der Waals surface area contributed by atoms with E-state index in [9.17, 15) is 10.5 Å². The van der Waals surface area contributed by atoms with Crippen molar-refractivity contribution >= 4 is 5.57 Å². The summed E-state index contributed by atoms with van der Waals surface area (Å²) in [4.78, 5) is 0. The molecule has 0 aromatic heterocycles. The summed E-state index contributed by atoms with van der Waals surface area (Å²) in [7, 11) is 0. The van der Waals surface area contributed by atoms with Crippen molar-refractivity contribution in [1.82, 2.24) is 0 Å². The fraction of sp³-hybridized carbons (Fsp3) is 0.360. The van der Waals surface area contributed by atoms with Gasteiger partial charge in [0, 0.05) is 5.57 Å². The zero-order chi connectivity index (χ0) is 21.2. The van der Waals surface area contributed by atoms with Gasteiger partial charge in [0.2, 0.25) is 0 Å². The van der Waals surface area contributed by atoms with Crippen molar-refractivity contribution < 1.29 is 4.74 Å². The smallest absolute Gasteiger partial charge is 0.150 e. The summed E-state index contributed by atoms with van der Waals surface area (Å²) in [6, 6.07) is 12.5. The van der Waals surface area contributed by atoms with Gasteiger partial charge < -0.3 is 10.5 Å². The van der Waals surface area contributed by atoms with Crippen molar-refractivity contribution in [3.8, 4) is 12.1 Å². The highest BCUT2D eigenvalue weighted by atomic mass is 16.5. The molecule has 1 aromatic rings. The van der Waals surface area contributed by atoms with E-state index in [0.29, 0.717) is 22.8 Å². The highest BCUT2D eigenvalue weighted by Gasteiger charge is 2.18. The minimum atomic E-state index is 0.0494. The maximum absolute atomic E-state index is 9.21. The van der Waals surface area contributed by atoms with Gasteiger partial charge in [0.1, 0.15) is 23.5 Å². The van der Waals surface area contributed by atoms with Gasteiger partial charge in [-0.2, -0.15) is 10.5 Å². The fourth-order valence-corrected chi connectivity index (χ4v) is 3.26. The van der Waals surface area contributed by atoms with E-state index in [0.717, 1.165) is 36.8 Å². The number of hydrogen-bond acceptors (Lipinski definition) is 4. The molecular weight excluding hydrogens is 358 g/mol. The van der Waals surface area contributed by atoms with Gasteiger partial charge in [-0.3, -0.25) is 0 Å². The molecule has 4 nitrogen and oxygen atoms in total. The van der Waals surface area contributed by atoms with Crippen LogP contribution in [0.15, 0.2) is 64.8 Å². The molecule has 0 spiro atoms. The lowest BCUT2D eigenvalue weighted by atomic mass is 9.95. The fourth-order valence-electron chi connectivity index (χ4n) is 3.26. The number of aryl methyl sites for hydroxylation is 1. The number of nitrogens with two attached hydrogens (primary N) is 1. The van der Waals surface area contributed by atoms with E-state index >= 15 is 0 Å². The summed E-state index contributed by atoms with van der Waals surface area (Å²) in [6.45, 7) is 6.14. The molecular formula is C25H29N3O. The van der Waals surface area contributed by atoms with Crippen LogP contribution in [0.2, 0.25) is 0 Å². The second kappa shape index (κ2) is 10.9. The Hall–Kier alpha value is -3.24. The molecule has 0 saturated carbocycles. The topological polar surface area (TPSA) is 82.8 Å². The molecule has 29 heavy (non-hydrogen) atoms. The van der Waals surface area contributed by atoms with Crippen LogP contribution in [0.4, 0.5) is 0 Å². The Morgan fingerprint density at radius 3 is 2.24 bits per heavy atom. The molecule has 0 atom stereocenters. The van der Waals surface area contributed by atoms with Crippen molar-refractivity contribution in [2.24, 2.45) is 5.73 Å². The van der Waals surface area contributed by atoms with Crippen LogP contribution in [0.3, 0.4) is 0 Å². The van der Waals surface area contributed by atoms with Crippen LogP contribution in [0.1, 0.15) is 64.0 Å². The number of rotatable bonds is 8. The largest absolute Gasteiger partial charge is 0.460 e. The summed E-state index contributed by atoms with van der Waals surface area (Å²) in [6.07, 6.45) is 9.72. The van der Waals surface area contributed by atoms with Crippen molar-refractivity contribution in [2.45, 2.75) is 59.3 Å². The number of nitrogens with zero attached hydrogens (tertiary/aromatic N) is 2. The molecule has 0 bridgehead atoms. The van der Waals surface area contributed by atoms with Gasteiger partial charge in [0.25, 0.3) is 0 Å². The SMILES string of the molecule is CCCCC(=C(N)C1=CC(=C(C#N)C#N)C=C(C)O1)c1ccc(CCCC)cc1. The normalized spacial score (nSPS) is 14.0. The number of benzene rings is 1. The maximum atomic E-state index is 9.21. The molecule has 0 aliphatic carbocycles. The Balaban J connectivity index is 2.48. The van der Waals surface area contributed by atoms with Gasteiger partial charge in [0.15, 0.2) is 5.76 Å². The van der Waals surface area contributed by atoms with Gasteiger partial charge in [-0.15, -0.1) is 0 Å². The average molecular weight is 388 g/mol. The van der Waals surface area contributed by atoms with Crippen LogP contribution in [0, 0.1) is 22.7 Å². The molecule has 0 radical (unpaired) electrons. The Labute approximate surface area is 174 Å². The molecule has 0 amide bonds. The maximum Gasteiger partial charge on any atom is 0.150 e. The second-order valence-corrected chi connectivity index (χ2v) is 7.22. The first-order valence-electron chi connectivity index (χ1n) is 10.2. The summed E-state index contributed by atoms with van der Waals surface area (Å²) in [5.41, 5.74) is 11.1. The summed E-state index contributed by atoms with van der Waals surface area (Å²) < 4.78 is 5.86. The van der Waals surface area contributed by atoms with E-state index < -0.39 is 0 Å². The molecule has 0 unspecified atom stereocenters. The van der Waals surface area contributed by atoms with Crippen molar-refractivity contribution in [3.63, 3.8) is 0 Å². The third-order valence-electron chi connectivity index (χ3n) is 4.92. The van der Waals surface area contributed by atoms with E-state index in [-0.39, 0.29) is 5.57 Å². The van der Waals surface area contributed by atoms with E-state index in [1.165, 1.54) is 18.4 Å². The molecule has 4 heteroatoms. The Bertz CT molecular complexity index is 916. The number of nitriles is 2. The standard InChI is InChI=1S/C25H29N3O/c1-4-6-8-19-10-12-20(13-11-19)23(9-7-5-2)25(28)24-15-21(14-18(3)29-24)22(16-26)17-27/h10-15H,4-9,28H2,1-3H3. The van der Waals surface area contributed by atoms with Crippen LogP contribution in [-0.2, 0) is 11.2 Å². The molecule has 0 fully saturated rings. The first-order valence-corrected chi connectivity index (χ1v) is 10.2. The second-order valence-electron chi connectivity index (χ2n) is 7.22. The summed E-state index contributed by atoms with van der Waals surface area (Å²) in [5.74, 6) is 1.09. The molecule has 1 aromatic carbocycles. The van der Waals surface area contributed by atoms with Crippen molar-refractivity contribution in [1.29, 1.82) is 10.5 Å². The number of allylic oxidation sites excluding steroid dienone is 6. The van der Waals surface area contributed by atoms with E-state index in [2.05, 4.69) is 38.1 Å². The minimum Gasteiger partial charge on any atom is -0.460 e. The Kier molecular flexibility index (Phi) is 8.31. The van der Waals surface area contributed by atoms with Crippen LogP contribution in [-0.4, -0.2) is 0 Å². The van der Waals surface area contributed by atoms with Crippen molar-refractivity contribution in [3.05, 3.63) is 75.9 Å². The van der Waals surface area contributed by atoms with Gasteiger partial charge in [-0.1, -0.05) is 51.0 Å². The van der Waals surface area contributed by atoms with E-state index in [1.54, 1.807) is 19.1 Å². The molecule has 0 saturated heterocycles. The third-order valence-corrected chi connectivity index (χ3v) is 4.92. The lowest BCUT2D eigenvalue weighted by molar-refractivity contribution is 0.311. The molecule has 150 valence electrons. The molecule has 1 aliphatic rings. The van der Waals surface area contributed by atoms with Gasteiger partial charge >= 0.3 is 0 Å². The summed E-state index contributed by atoms with van der Waals surface area (Å²) in [5, 5.41) is 18.4. The van der Waals surface area contributed by atoms with E-state index in [1.807, 2.05) is 12.1 Å². The first-order chi connectivity index (χ1) is 14.0. The average Bonchev–Trinajstić information content (AvgIpc) is 2.73. The Morgan fingerprint density at radius 1 is 1.00 bits per heavy atom. The third kappa shape index (κ3) is 5.87. The molecule has 2 rings (SSSR count).